The van der Waals surface area contributed by atoms with E-state index in [1.165, 1.54) is 6.20 Å². The van der Waals surface area contributed by atoms with E-state index in [0.717, 1.165) is 0 Å². The first-order chi connectivity index (χ1) is 8.20. The molecule has 2 rings (SSSR count). The fourth-order valence-corrected chi connectivity index (χ4v) is 1.78. The lowest BCUT2D eigenvalue weighted by Crippen LogP contribution is -2.29. The average molecular weight is 231 g/mol. The number of hydrogen-bond donors (Lipinski definition) is 2. The average Bonchev–Trinajstić information content (AvgIpc) is 2.54. The van der Waals surface area contributed by atoms with Gasteiger partial charge in [0.25, 0.3) is 0 Å². The summed E-state index contributed by atoms with van der Waals surface area (Å²) in [6, 6.07) is 3.59. The standard InChI is InChI=1S/C11H13N5O/c12-6-8-5-9(13)11(15-7-8)16-3-1-10(17)14-2-4-16/h5,7H,1-4,13H2,(H,14,17). The van der Waals surface area contributed by atoms with Gasteiger partial charge in [0.15, 0.2) is 5.82 Å². The van der Waals surface area contributed by atoms with Gasteiger partial charge in [-0.3, -0.25) is 4.79 Å². The minimum Gasteiger partial charge on any atom is -0.396 e. The quantitative estimate of drug-likeness (QED) is 0.701. The predicted octanol–water partition coefficient (Wildman–Crippen LogP) is -0.138. The Bertz CT molecular complexity index is 479. The molecule has 1 aromatic rings. The molecule has 0 unspecified atom stereocenters. The first-order valence-electron chi connectivity index (χ1n) is 5.38. The van der Waals surface area contributed by atoms with Crippen LogP contribution in [0.3, 0.4) is 0 Å². The van der Waals surface area contributed by atoms with Gasteiger partial charge in [-0.25, -0.2) is 4.98 Å². The van der Waals surface area contributed by atoms with Crippen LogP contribution in [0.5, 0.6) is 0 Å². The molecule has 17 heavy (non-hydrogen) atoms. The highest BCUT2D eigenvalue weighted by molar-refractivity contribution is 5.77. The Labute approximate surface area is 99.0 Å². The number of nitrogens with one attached hydrogen (secondary N) is 1. The van der Waals surface area contributed by atoms with Gasteiger partial charge in [-0.05, 0) is 6.07 Å². The third-order valence-corrected chi connectivity index (χ3v) is 2.64. The monoisotopic (exact) mass is 231 g/mol. The Morgan fingerprint density at radius 1 is 1.53 bits per heavy atom. The number of nitrogens with zero attached hydrogens (tertiary/aromatic N) is 3. The van der Waals surface area contributed by atoms with Gasteiger partial charge in [-0.15, -0.1) is 0 Å². The number of rotatable bonds is 1. The molecule has 1 saturated heterocycles. The van der Waals surface area contributed by atoms with Crippen molar-refractivity contribution in [3.05, 3.63) is 17.8 Å². The molecule has 0 bridgehead atoms. The first-order valence-corrected chi connectivity index (χ1v) is 5.38. The topological polar surface area (TPSA) is 95.0 Å². The van der Waals surface area contributed by atoms with Crippen molar-refractivity contribution in [1.82, 2.24) is 10.3 Å². The summed E-state index contributed by atoms with van der Waals surface area (Å²) in [5, 5.41) is 11.5. The number of nitrogens with two attached hydrogens (primary N) is 1. The molecule has 1 aromatic heterocycles. The number of aromatic nitrogens is 1. The summed E-state index contributed by atoms with van der Waals surface area (Å²) >= 11 is 0. The number of carbonyl (C=O) groups is 1. The molecule has 0 radical (unpaired) electrons. The molecule has 1 fully saturated rings. The Morgan fingerprint density at radius 2 is 2.35 bits per heavy atom. The van der Waals surface area contributed by atoms with E-state index in [2.05, 4.69) is 10.3 Å². The summed E-state index contributed by atoms with van der Waals surface area (Å²) in [5.74, 6) is 0.681. The van der Waals surface area contributed by atoms with Gasteiger partial charge in [0.2, 0.25) is 5.91 Å². The smallest absolute Gasteiger partial charge is 0.221 e. The molecule has 0 aliphatic carbocycles. The van der Waals surface area contributed by atoms with Gasteiger partial charge < -0.3 is 16.0 Å². The van der Waals surface area contributed by atoms with Crippen molar-refractivity contribution in [2.75, 3.05) is 30.3 Å². The highest BCUT2D eigenvalue weighted by Gasteiger charge is 2.16. The van der Waals surface area contributed by atoms with Crippen molar-refractivity contribution in [3.8, 4) is 6.07 Å². The zero-order valence-corrected chi connectivity index (χ0v) is 9.31. The molecule has 0 atom stereocenters. The summed E-state index contributed by atoms with van der Waals surface area (Å²) in [7, 11) is 0. The second-order valence-corrected chi connectivity index (χ2v) is 3.84. The fourth-order valence-electron chi connectivity index (χ4n) is 1.78. The molecule has 2 heterocycles. The molecular formula is C11H13N5O. The number of amides is 1. The molecule has 6 heteroatoms. The second kappa shape index (κ2) is 4.70. The lowest BCUT2D eigenvalue weighted by molar-refractivity contribution is -0.120. The van der Waals surface area contributed by atoms with E-state index in [1.54, 1.807) is 6.07 Å². The van der Waals surface area contributed by atoms with Crippen LogP contribution in [0.15, 0.2) is 12.3 Å². The number of anilines is 2. The van der Waals surface area contributed by atoms with Crippen LogP contribution in [-0.2, 0) is 4.79 Å². The van der Waals surface area contributed by atoms with Crippen LogP contribution in [0, 0.1) is 11.3 Å². The third-order valence-electron chi connectivity index (χ3n) is 2.64. The van der Waals surface area contributed by atoms with Crippen molar-refractivity contribution < 1.29 is 4.79 Å². The van der Waals surface area contributed by atoms with Gasteiger partial charge in [0.05, 0.1) is 11.3 Å². The van der Waals surface area contributed by atoms with Crippen molar-refractivity contribution in [2.45, 2.75) is 6.42 Å². The van der Waals surface area contributed by atoms with Crippen LogP contribution in [0.4, 0.5) is 11.5 Å². The van der Waals surface area contributed by atoms with Gasteiger partial charge >= 0.3 is 0 Å². The highest BCUT2D eigenvalue weighted by Crippen LogP contribution is 2.21. The van der Waals surface area contributed by atoms with E-state index in [0.29, 0.717) is 43.1 Å². The van der Waals surface area contributed by atoms with Crippen LogP contribution in [0.1, 0.15) is 12.0 Å². The van der Waals surface area contributed by atoms with Crippen LogP contribution >= 0.6 is 0 Å². The molecule has 0 spiro atoms. The molecule has 6 nitrogen and oxygen atoms in total. The molecule has 1 aliphatic heterocycles. The summed E-state index contributed by atoms with van der Waals surface area (Å²) in [6.45, 7) is 1.85. The fraction of sp³-hybridized carbons (Fsp3) is 0.364. The number of hydrogen-bond acceptors (Lipinski definition) is 5. The molecule has 0 saturated carbocycles. The zero-order valence-electron chi connectivity index (χ0n) is 9.31. The maximum absolute atomic E-state index is 11.2. The van der Waals surface area contributed by atoms with Crippen LogP contribution < -0.4 is 16.0 Å². The third kappa shape index (κ3) is 2.45. The van der Waals surface area contributed by atoms with E-state index in [9.17, 15) is 4.79 Å². The van der Waals surface area contributed by atoms with E-state index in [4.69, 9.17) is 11.0 Å². The van der Waals surface area contributed by atoms with Gasteiger partial charge in [-0.2, -0.15) is 5.26 Å². The first kappa shape index (κ1) is 11.2. The van der Waals surface area contributed by atoms with Gasteiger partial charge in [-0.1, -0.05) is 0 Å². The molecule has 1 aliphatic rings. The van der Waals surface area contributed by atoms with Crippen LogP contribution in [-0.4, -0.2) is 30.5 Å². The summed E-state index contributed by atoms with van der Waals surface area (Å²) in [6.07, 6.45) is 1.92. The second-order valence-electron chi connectivity index (χ2n) is 3.84. The number of pyridine rings is 1. The maximum Gasteiger partial charge on any atom is 0.221 e. The van der Waals surface area contributed by atoms with Crippen LogP contribution in [0.25, 0.3) is 0 Å². The summed E-state index contributed by atoms with van der Waals surface area (Å²) < 4.78 is 0. The van der Waals surface area contributed by atoms with Crippen molar-refractivity contribution >= 4 is 17.4 Å². The minimum absolute atomic E-state index is 0.0414. The molecule has 88 valence electrons. The predicted molar refractivity (Wildman–Crippen MR) is 63.2 cm³/mol. The Kier molecular flexibility index (Phi) is 3.10. The Balaban J connectivity index is 2.22. The number of nitrogen functional groups attached to an aromatic ring is 1. The van der Waals surface area contributed by atoms with E-state index >= 15 is 0 Å². The van der Waals surface area contributed by atoms with Crippen LogP contribution in [0.2, 0.25) is 0 Å². The molecule has 1 amide bonds. The van der Waals surface area contributed by atoms with E-state index < -0.39 is 0 Å². The summed E-state index contributed by atoms with van der Waals surface area (Å²) in [4.78, 5) is 17.3. The van der Waals surface area contributed by atoms with Crippen molar-refractivity contribution in [3.63, 3.8) is 0 Å². The van der Waals surface area contributed by atoms with E-state index in [1.807, 2.05) is 11.0 Å². The molecule has 3 N–H and O–H groups in total. The highest BCUT2D eigenvalue weighted by atomic mass is 16.1. The minimum atomic E-state index is 0.0414. The Hall–Kier alpha value is -2.29. The van der Waals surface area contributed by atoms with Gasteiger partial charge in [0.1, 0.15) is 6.07 Å². The van der Waals surface area contributed by atoms with Crippen molar-refractivity contribution in [2.24, 2.45) is 0 Å². The summed E-state index contributed by atoms with van der Waals surface area (Å²) in [5.41, 5.74) is 6.76. The lowest BCUT2D eigenvalue weighted by atomic mass is 10.2. The number of nitriles is 1. The largest absolute Gasteiger partial charge is 0.396 e. The Morgan fingerprint density at radius 3 is 3.06 bits per heavy atom. The molecule has 0 aromatic carbocycles. The van der Waals surface area contributed by atoms with Gasteiger partial charge in [0, 0.05) is 32.3 Å². The maximum atomic E-state index is 11.2. The van der Waals surface area contributed by atoms with Crippen molar-refractivity contribution in [1.29, 1.82) is 5.26 Å². The van der Waals surface area contributed by atoms with E-state index in [-0.39, 0.29) is 5.91 Å². The SMILES string of the molecule is N#Cc1cnc(N2CCNC(=O)CC2)c(N)c1. The lowest BCUT2D eigenvalue weighted by Gasteiger charge is -2.21. The zero-order chi connectivity index (χ0) is 12.3. The molecular weight excluding hydrogens is 218 g/mol. The normalized spacial score (nSPS) is 15.9. The number of carbonyl (C=O) groups excluding carboxylic acids is 1.